The van der Waals surface area contributed by atoms with Crippen molar-refractivity contribution in [2.75, 3.05) is 19.8 Å². The molecule has 96 valence electrons. The van der Waals surface area contributed by atoms with Crippen LogP contribution >= 0.6 is 0 Å². The minimum Gasteiger partial charge on any atom is -0.448 e. The zero-order chi connectivity index (χ0) is 12.4. The van der Waals surface area contributed by atoms with Crippen molar-refractivity contribution in [3.63, 3.8) is 0 Å². The van der Waals surface area contributed by atoms with E-state index in [2.05, 4.69) is 12.1 Å². The Morgan fingerprint density at radius 1 is 1.17 bits per heavy atom. The zero-order valence-electron chi connectivity index (χ0n) is 10.2. The Hall–Kier alpha value is -1.55. The number of ether oxygens (including phenoxy) is 2. The summed E-state index contributed by atoms with van der Waals surface area (Å²) in [4.78, 5) is 13.5. The van der Waals surface area contributed by atoms with E-state index in [9.17, 15) is 4.79 Å². The summed E-state index contributed by atoms with van der Waals surface area (Å²) < 4.78 is 10.9. The number of amides is 1. The van der Waals surface area contributed by atoms with Gasteiger partial charge in [-0.1, -0.05) is 30.3 Å². The third-order valence-electron chi connectivity index (χ3n) is 3.61. The fraction of sp³-hybridized carbons (Fsp3) is 0.500. The number of carbonyl (C=O) groups excluding carboxylic acids is 1. The van der Waals surface area contributed by atoms with Gasteiger partial charge in [0.05, 0.1) is 12.6 Å². The molecule has 0 aliphatic carbocycles. The molecular weight excluding hydrogens is 230 g/mol. The first-order valence-corrected chi connectivity index (χ1v) is 6.46. The van der Waals surface area contributed by atoms with Gasteiger partial charge in [-0.25, -0.2) is 4.79 Å². The predicted octanol–water partition coefficient (Wildman–Crippen LogP) is 2.36. The second kappa shape index (κ2) is 4.98. The van der Waals surface area contributed by atoms with E-state index in [4.69, 9.17) is 9.47 Å². The molecule has 18 heavy (non-hydrogen) atoms. The highest BCUT2D eigenvalue weighted by Crippen LogP contribution is 2.33. The van der Waals surface area contributed by atoms with Crippen LogP contribution < -0.4 is 0 Å². The van der Waals surface area contributed by atoms with Gasteiger partial charge in [0.1, 0.15) is 12.7 Å². The van der Waals surface area contributed by atoms with Crippen LogP contribution in [0.3, 0.4) is 0 Å². The molecule has 3 rings (SSSR count). The minimum absolute atomic E-state index is 0.0226. The summed E-state index contributed by atoms with van der Waals surface area (Å²) >= 11 is 0. The van der Waals surface area contributed by atoms with Gasteiger partial charge in [-0.3, -0.25) is 4.90 Å². The van der Waals surface area contributed by atoms with Gasteiger partial charge >= 0.3 is 6.09 Å². The van der Waals surface area contributed by atoms with E-state index in [0.717, 1.165) is 25.0 Å². The maximum absolute atomic E-state index is 11.7. The smallest absolute Gasteiger partial charge is 0.410 e. The zero-order valence-corrected chi connectivity index (χ0v) is 10.2. The lowest BCUT2D eigenvalue weighted by atomic mass is 9.95. The van der Waals surface area contributed by atoms with Crippen LogP contribution in [0.5, 0.6) is 0 Å². The Morgan fingerprint density at radius 2 is 2.00 bits per heavy atom. The molecule has 2 atom stereocenters. The standard InChI is InChI=1S/C14H17NO3/c16-14-15(8-10-18-14)12-7-4-9-17-13(12)11-5-2-1-3-6-11/h1-3,5-6,12-13H,4,7-10H2. The summed E-state index contributed by atoms with van der Waals surface area (Å²) in [7, 11) is 0. The Bertz CT molecular complexity index is 420. The molecule has 0 spiro atoms. The van der Waals surface area contributed by atoms with Gasteiger partial charge in [0, 0.05) is 6.61 Å². The molecule has 2 unspecified atom stereocenters. The van der Waals surface area contributed by atoms with Gasteiger partial charge in [0.2, 0.25) is 0 Å². The van der Waals surface area contributed by atoms with Crippen LogP contribution in [0.1, 0.15) is 24.5 Å². The molecular formula is C14H17NO3. The molecule has 2 fully saturated rings. The van der Waals surface area contributed by atoms with Crippen LogP contribution in [0.4, 0.5) is 4.79 Å². The molecule has 0 radical (unpaired) electrons. The van der Waals surface area contributed by atoms with Crippen LogP contribution in [-0.4, -0.2) is 36.8 Å². The molecule has 0 saturated carbocycles. The molecule has 4 nitrogen and oxygen atoms in total. The first-order chi connectivity index (χ1) is 8.86. The number of cyclic esters (lactones) is 1. The van der Waals surface area contributed by atoms with Gasteiger partial charge in [-0.15, -0.1) is 0 Å². The molecule has 2 aliphatic heterocycles. The number of rotatable bonds is 2. The molecule has 2 saturated heterocycles. The summed E-state index contributed by atoms with van der Waals surface area (Å²) in [6, 6.07) is 10.2. The second-order valence-corrected chi connectivity index (χ2v) is 4.72. The maximum Gasteiger partial charge on any atom is 0.410 e. The predicted molar refractivity (Wildman–Crippen MR) is 66.2 cm³/mol. The topological polar surface area (TPSA) is 38.8 Å². The highest BCUT2D eigenvalue weighted by molar-refractivity contribution is 5.69. The van der Waals surface area contributed by atoms with Crippen molar-refractivity contribution >= 4 is 6.09 Å². The normalized spacial score (nSPS) is 28.2. The Labute approximate surface area is 106 Å². The van der Waals surface area contributed by atoms with Crippen molar-refractivity contribution in [1.29, 1.82) is 0 Å². The van der Waals surface area contributed by atoms with Crippen LogP contribution in [0, 0.1) is 0 Å². The number of hydrogen-bond acceptors (Lipinski definition) is 3. The van der Waals surface area contributed by atoms with E-state index in [1.165, 1.54) is 0 Å². The van der Waals surface area contributed by atoms with Gasteiger partial charge < -0.3 is 9.47 Å². The van der Waals surface area contributed by atoms with Crippen LogP contribution in [0.25, 0.3) is 0 Å². The van der Waals surface area contributed by atoms with Crippen molar-refractivity contribution < 1.29 is 14.3 Å². The monoisotopic (exact) mass is 247 g/mol. The summed E-state index contributed by atoms with van der Waals surface area (Å²) in [5.74, 6) is 0. The molecule has 0 bridgehead atoms. The number of nitrogens with zero attached hydrogens (tertiary/aromatic N) is 1. The lowest BCUT2D eigenvalue weighted by Gasteiger charge is -2.36. The third kappa shape index (κ3) is 2.08. The van der Waals surface area contributed by atoms with Gasteiger partial charge in [0.25, 0.3) is 0 Å². The largest absolute Gasteiger partial charge is 0.448 e. The van der Waals surface area contributed by atoms with E-state index < -0.39 is 0 Å². The lowest BCUT2D eigenvalue weighted by Crippen LogP contribution is -2.43. The fourth-order valence-corrected chi connectivity index (χ4v) is 2.75. The van der Waals surface area contributed by atoms with Crippen molar-refractivity contribution in [2.24, 2.45) is 0 Å². The van der Waals surface area contributed by atoms with Crippen LogP contribution in [0.15, 0.2) is 30.3 Å². The van der Waals surface area contributed by atoms with E-state index in [1.807, 2.05) is 23.1 Å². The Morgan fingerprint density at radius 3 is 2.72 bits per heavy atom. The van der Waals surface area contributed by atoms with Gasteiger partial charge in [-0.2, -0.15) is 0 Å². The third-order valence-corrected chi connectivity index (χ3v) is 3.61. The number of carbonyl (C=O) groups is 1. The number of hydrogen-bond donors (Lipinski definition) is 0. The summed E-state index contributed by atoms with van der Waals surface area (Å²) in [6.07, 6.45) is 1.75. The summed E-state index contributed by atoms with van der Waals surface area (Å²) in [5.41, 5.74) is 1.14. The molecule has 1 aromatic rings. The Balaban J connectivity index is 1.84. The van der Waals surface area contributed by atoms with Crippen molar-refractivity contribution in [3.8, 4) is 0 Å². The molecule has 0 N–H and O–H groups in total. The van der Waals surface area contributed by atoms with Gasteiger partial charge in [0.15, 0.2) is 0 Å². The molecule has 1 aromatic carbocycles. The van der Waals surface area contributed by atoms with E-state index in [1.54, 1.807) is 0 Å². The molecule has 2 heterocycles. The highest BCUT2D eigenvalue weighted by atomic mass is 16.6. The summed E-state index contributed by atoms with van der Waals surface area (Å²) in [5, 5.41) is 0. The van der Waals surface area contributed by atoms with Gasteiger partial charge in [-0.05, 0) is 18.4 Å². The van der Waals surface area contributed by atoms with Crippen molar-refractivity contribution in [1.82, 2.24) is 4.90 Å². The maximum atomic E-state index is 11.7. The second-order valence-electron chi connectivity index (χ2n) is 4.72. The molecule has 0 aromatic heterocycles. The first kappa shape index (κ1) is 11.5. The average molecular weight is 247 g/mol. The molecule has 2 aliphatic rings. The van der Waals surface area contributed by atoms with Crippen LogP contribution in [-0.2, 0) is 9.47 Å². The molecule has 4 heteroatoms. The average Bonchev–Trinajstić information content (AvgIpc) is 2.86. The fourth-order valence-electron chi connectivity index (χ4n) is 2.75. The van der Waals surface area contributed by atoms with Crippen molar-refractivity contribution in [3.05, 3.63) is 35.9 Å². The number of benzene rings is 1. The van der Waals surface area contributed by atoms with E-state index >= 15 is 0 Å². The lowest BCUT2D eigenvalue weighted by molar-refractivity contribution is -0.0385. The highest BCUT2D eigenvalue weighted by Gasteiger charge is 2.37. The SMILES string of the molecule is O=C1OCCN1C1CCCOC1c1ccccc1. The quantitative estimate of drug-likeness (QED) is 0.805. The first-order valence-electron chi connectivity index (χ1n) is 6.46. The minimum atomic E-state index is -0.202. The molecule has 1 amide bonds. The van der Waals surface area contributed by atoms with Crippen LogP contribution in [0.2, 0.25) is 0 Å². The van der Waals surface area contributed by atoms with Crippen molar-refractivity contribution in [2.45, 2.75) is 25.0 Å². The summed E-state index contributed by atoms with van der Waals surface area (Å²) in [6.45, 7) is 1.94. The van der Waals surface area contributed by atoms with E-state index in [0.29, 0.717) is 13.2 Å². The Kier molecular flexibility index (Phi) is 3.19. The van der Waals surface area contributed by atoms with E-state index in [-0.39, 0.29) is 18.2 Å².